The van der Waals surface area contributed by atoms with Gasteiger partial charge in [-0.05, 0) is 18.3 Å². The molecule has 0 bridgehead atoms. The van der Waals surface area contributed by atoms with Gasteiger partial charge in [0.15, 0.2) is 0 Å². The fraction of sp³-hybridized carbons (Fsp3) is 1.00. The summed E-state index contributed by atoms with van der Waals surface area (Å²) >= 11 is 0. The van der Waals surface area contributed by atoms with Crippen LogP contribution in [-0.2, 0) is 4.74 Å². The minimum atomic E-state index is -0.703. The molecule has 3 nitrogen and oxygen atoms in total. The van der Waals surface area contributed by atoms with Crippen molar-refractivity contribution in [1.29, 1.82) is 0 Å². The predicted molar refractivity (Wildman–Crippen MR) is 55.1 cm³/mol. The maximum absolute atomic E-state index is 9.61. The van der Waals surface area contributed by atoms with Crippen LogP contribution in [0.1, 0.15) is 40.0 Å². The Kier molecular flexibility index (Phi) is 3.93. The van der Waals surface area contributed by atoms with Gasteiger partial charge in [0, 0.05) is 0 Å². The van der Waals surface area contributed by atoms with E-state index < -0.39 is 12.2 Å². The van der Waals surface area contributed by atoms with Crippen LogP contribution in [0.15, 0.2) is 0 Å². The predicted octanol–water partition coefficient (Wildman–Crippen LogP) is 1.32. The lowest BCUT2D eigenvalue weighted by molar-refractivity contribution is -0.000189. The van der Waals surface area contributed by atoms with Gasteiger partial charge in [-0.15, -0.1) is 0 Å². The Hall–Kier alpha value is -0.120. The molecule has 0 aliphatic carbocycles. The van der Waals surface area contributed by atoms with Gasteiger partial charge in [0.1, 0.15) is 12.2 Å². The van der Waals surface area contributed by atoms with Crippen molar-refractivity contribution < 1.29 is 14.9 Å². The van der Waals surface area contributed by atoms with Crippen LogP contribution in [-0.4, -0.2) is 35.1 Å². The van der Waals surface area contributed by atoms with Gasteiger partial charge in [-0.2, -0.15) is 0 Å². The molecule has 0 saturated carbocycles. The monoisotopic (exact) mass is 202 g/mol. The first kappa shape index (κ1) is 12.0. The van der Waals surface area contributed by atoms with Crippen LogP contribution in [0.25, 0.3) is 0 Å². The maximum atomic E-state index is 9.61. The van der Waals surface area contributed by atoms with Gasteiger partial charge in [-0.3, -0.25) is 0 Å². The average Bonchev–Trinajstić information content (AvgIpc) is 2.35. The van der Waals surface area contributed by atoms with Crippen LogP contribution < -0.4 is 0 Å². The highest BCUT2D eigenvalue weighted by Gasteiger charge is 2.37. The lowest BCUT2D eigenvalue weighted by Gasteiger charge is -2.28. The summed E-state index contributed by atoms with van der Waals surface area (Å²) in [6.07, 6.45) is 1.49. The van der Waals surface area contributed by atoms with Crippen molar-refractivity contribution in [3.63, 3.8) is 0 Å². The molecule has 1 saturated heterocycles. The quantitative estimate of drug-likeness (QED) is 0.723. The van der Waals surface area contributed by atoms with Gasteiger partial charge < -0.3 is 14.9 Å². The Morgan fingerprint density at radius 3 is 2.43 bits per heavy atom. The third-order valence-electron chi connectivity index (χ3n) is 2.94. The fourth-order valence-corrected chi connectivity index (χ4v) is 2.17. The molecule has 0 aromatic heterocycles. The Labute approximate surface area is 86.1 Å². The first-order valence-electron chi connectivity index (χ1n) is 5.44. The van der Waals surface area contributed by atoms with E-state index in [2.05, 4.69) is 20.8 Å². The largest absolute Gasteiger partial charge is 0.388 e. The molecule has 1 aliphatic rings. The third-order valence-corrected chi connectivity index (χ3v) is 2.94. The highest BCUT2D eigenvalue weighted by molar-refractivity contribution is 4.86. The lowest BCUT2D eigenvalue weighted by Crippen LogP contribution is -2.33. The number of hydrogen-bond donors (Lipinski definition) is 2. The van der Waals surface area contributed by atoms with Crippen LogP contribution in [0.4, 0.5) is 0 Å². The molecule has 1 fully saturated rings. The first-order chi connectivity index (χ1) is 6.46. The van der Waals surface area contributed by atoms with Crippen LogP contribution >= 0.6 is 0 Å². The van der Waals surface area contributed by atoms with E-state index in [0.29, 0.717) is 0 Å². The molecule has 0 aromatic carbocycles. The van der Waals surface area contributed by atoms with E-state index in [0.717, 1.165) is 19.3 Å². The van der Waals surface area contributed by atoms with E-state index in [9.17, 15) is 10.2 Å². The maximum Gasteiger partial charge on any atom is 0.108 e. The highest BCUT2D eigenvalue weighted by atomic mass is 16.5. The van der Waals surface area contributed by atoms with Crippen LogP contribution in [0, 0.1) is 5.41 Å². The summed E-state index contributed by atoms with van der Waals surface area (Å²) in [5.74, 6) is 0. The summed E-state index contributed by atoms with van der Waals surface area (Å²) in [5, 5.41) is 18.9. The number of ether oxygens (including phenoxy) is 1. The topological polar surface area (TPSA) is 49.7 Å². The molecule has 0 radical (unpaired) electrons. The van der Waals surface area contributed by atoms with Gasteiger partial charge in [-0.1, -0.05) is 27.2 Å². The molecule has 3 atom stereocenters. The van der Waals surface area contributed by atoms with Crippen molar-refractivity contribution >= 4 is 0 Å². The zero-order valence-electron chi connectivity index (χ0n) is 9.36. The second kappa shape index (κ2) is 4.60. The van der Waals surface area contributed by atoms with Gasteiger partial charge in [0.05, 0.1) is 12.7 Å². The number of aliphatic hydroxyl groups excluding tert-OH is 2. The fourth-order valence-electron chi connectivity index (χ4n) is 2.17. The van der Waals surface area contributed by atoms with Crippen molar-refractivity contribution in [3.05, 3.63) is 0 Å². The van der Waals surface area contributed by atoms with Crippen molar-refractivity contribution in [3.8, 4) is 0 Å². The van der Waals surface area contributed by atoms with Gasteiger partial charge in [-0.25, -0.2) is 0 Å². The molecule has 14 heavy (non-hydrogen) atoms. The standard InChI is InChI=1S/C11H22O3/c1-4-5-11(2,3)6-9-10(13)8(12)7-14-9/h8-10,12-13H,4-7H2,1-3H3. The molecule has 0 aromatic rings. The minimum Gasteiger partial charge on any atom is -0.388 e. The molecule has 0 spiro atoms. The minimum absolute atomic E-state index is 0.185. The summed E-state index contributed by atoms with van der Waals surface area (Å²) in [6, 6.07) is 0. The molecular weight excluding hydrogens is 180 g/mol. The van der Waals surface area contributed by atoms with E-state index >= 15 is 0 Å². The zero-order chi connectivity index (χ0) is 10.8. The molecule has 2 N–H and O–H groups in total. The second-order valence-corrected chi connectivity index (χ2v) is 5.05. The molecule has 3 heteroatoms. The molecule has 84 valence electrons. The third kappa shape index (κ3) is 2.94. The molecule has 1 aliphatic heterocycles. The number of hydrogen-bond acceptors (Lipinski definition) is 3. The van der Waals surface area contributed by atoms with E-state index in [4.69, 9.17) is 4.74 Å². The van der Waals surface area contributed by atoms with Crippen molar-refractivity contribution in [1.82, 2.24) is 0 Å². The van der Waals surface area contributed by atoms with Crippen molar-refractivity contribution in [2.45, 2.75) is 58.3 Å². The van der Waals surface area contributed by atoms with E-state index in [1.807, 2.05) is 0 Å². The Balaban J connectivity index is 2.44. The van der Waals surface area contributed by atoms with Gasteiger partial charge in [0.25, 0.3) is 0 Å². The SMILES string of the molecule is CCCC(C)(C)CC1OCC(O)C1O. The Morgan fingerprint density at radius 2 is 2.00 bits per heavy atom. The van der Waals surface area contributed by atoms with E-state index in [-0.39, 0.29) is 18.1 Å². The summed E-state index contributed by atoms with van der Waals surface area (Å²) in [6.45, 7) is 6.78. The van der Waals surface area contributed by atoms with Crippen LogP contribution in [0.5, 0.6) is 0 Å². The normalized spacial score (nSPS) is 33.6. The highest BCUT2D eigenvalue weighted by Crippen LogP contribution is 2.32. The molecule has 0 amide bonds. The van der Waals surface area contributed by atoms with Crippen LogP contribution in [0.3, 0.4) is 0 Å². The number of rotatable bonds is 4. The zero-order valence-corrected chi connectivity index (χ0v) is 9.36. The molecule has 3 unspecified atom stereocenters. The summed E-state index contributed by atoms with van der Waals surface area (Å²) in [4.78, 5) is 0. The van der Waals surface area contributed by atoms with Gasteiger partial charge >= 0.3 is 0 Å². The van der Waals surface area contributed by atoms with E-state index in [1.54, 1.807) is 0 Å². The first-order valence-corrected chi connectivity index (χ1v) is 5.44. The molecule has 1 rings (SSSR count). The Bertz CT molecular complexity index is 179. The number of aliphatic hydroxyl groups is 2. The summed E-state index contributed by atoms with van der Waals surface area (Å²) in [5.41, 5.74) is 0.185. The average molecular weight is 202 g/mol. The second-order valence-electron chi connectivity index (χ2n) is 5.05. The summed E-state index contributed by atoms with van der Waals surface area (Å²) < 4.78 is 5.36. The van der Waals surface area contributed by atoms with Crippen LogP contribution in [0.2, 0.25) is 0 Å². The van der Waals surface area contributed by atoms with E-state index in [1.165, 1.54) is 0 Å². The molecule has 1 heterocycles. The van der Waals surface area contributed by atoms with Crippen molar-refractivity contribution in [2.24, 2.45) is 5.41 Å². The van der Waals surface area contributed by atoms with Crippen molar-refractivity contribution in [2.75, 3.05) is 6.61 Å². The smallest absolute Gasteiger partial charge is 0.108 e. The summed E-state index contributed by atoms with van der Waals surface area (Å²) in [7, 11) is 0. The molecular formula is C11H22O3. The van der Waals surface area contributed by atoms with Gasteiger partial charge in [0.2, 0.25) is 0 Å². The Morgan fingerprint density at radius 1 is 1.36 bits per heavy atom. The lowest BCUT2D eigenvalue weighted by atomic mass is 9.81.